The third kappa shape index (κ3) is 2.27. The molecule has 1 saturated heterocycles. The summed E-state index contributed by atoms with van der Waals surface area (Å²) in [5.41, 5.74) is 1.84. The van der Waals surface area contributed by atoms with Crippen molar-refractivity contribution in [2.24, 2.45) is 0 Å². The van der Waals surface area contributed by atoms with E-state index >= 15 is 0 Å². The van der Waals surface area contributed by atoms with E-state index in [0.29, 0.717) is 11.1 Å². The molecule has 1 aromatic heterocycles. The number of pyridine rings is 1. The minimum Gasteiger partial charge on any atom is -0.506 e. The van der Waals surface area contributed by atoms with Crippen LogP contribution in [-0.4, -0.2) is 47.3 Å². The summed E-state index contributed by atoms with van der Waals surface area (Å²) in [6, 6.07) is 5.15. The molecule has 0 unspecified atom stereocenters. The number of carboxylic acids is 1. The van der Waals surface area contributed by atoms with Gasteiger partial charge in [0.25, 0.3) is 0 Å². The Balaban J connectivity index is 2.31. The van der Waals surface area contributed by atoms with Crippen molar-refractivity contribution in [1.82, 2.24) is 10.3 Å². The van der Waals surface area contributed by atoms with Crippen LogP contribution in [0.3, 0.4) is 0 Å². The van der Waals surface area contributed by atoms with Gasteiger partial charge in [0.1, 0.15) is 11.3 Å². The lowest BCUT2D eigenvalue weighted by atomic mass is 10.0. The highest BCUT2D eigenvalue weighted by atomic mass is 16.4. The first-order valence-electron chi connectivity index (χ1n) is 6.91. The summed E-state index contributed by atoms with van der Waals surface area (Å²) >= 11 is 0. The Morgan fingerprint density at radius 2 is 2.05 bits per heavy atom. The van der Waals surface area contributed by atoms with Crippen LogP contribution in [0.2, 0.25) is 0 Å². The number of hydrogen-bond acceptors (Lipinski definition) is 5. The number of carboxylic acid groups (broad SMARTS) is 1. The second-order valence-electron chi connectivity index (χ2n) is 5.15. The molecule has 6 heteroatoms. The maximum Gasteiger partial charge on any atom is 0.354 e. The Kier molecular flexibility index (Phi) is 3.39. The summed E-state index contributed by atoms with van der Waals surface area (Å²) in [6.45, 7) is 5.08. The van der Waals surface area contributed by atoms with Gasteiger partial charge in [-0.1, -0.05) is 12.1 Å². The molecule has 0 saturated carbocycles. The van der Waals surface area contributed by atoms with E-state index in [4.69, 9.17) is 0 Å². The molecule has 0 radical (unpaired) electrons. The van der Waals surface area contributed by atoms with E-state index in [1.54, 1.807) is 13.0 Å². The van der Waals surface area contributed by atoms with E-state index < -0.39 is 5.97 Å². The van der Waals surface area contributed by atoms with Crippen molar-refractivity contribution in [2.45, 2.75) is 6.92 Å². The van der Waals surface area contributed by atoms with Crippen LogP contribution in [0.1, 0.15) is 16.1 Å². The van der Waals surface area contributed by atoms with Gasteiger partial charge in [0.05, 0.1) is 5.69 Å². The summed E-state index contributed by atoms with van der Waals surface area (Å²) < 4.78 is 0. The number of fused-ring (bicyclic) bond motifs is 1. The molecule has 6 nitrogen and oxygen atoms in total. The van der Waals surface area contributed by atoms with Crippen molar-refractivity contribution in [1.29, 1.82) is 0 Å². The van der Waals surface area contributed by atoms with Crippen LogP contribution in [0.4, 0.5) is 5.69 Å². The Morgan fingerprint density at radius 3 is 2.71 bits per heavy atom. The fraction of sp³-hybridized carbons (Fsp3) is 0.333. The van der Waals surface area contributed by atoms with Crippen LogP contribution in [-0.2, 0) is 0 Å². The number of nitrogens with zero attached hydrogens (tertiary/aromatic N) is 2. The average Bonchev–Trinajstić information content (AvgIpc) is 2.47. The molecule has 0 bridgehead atoms. The lowest BCUT2D eigenvalue weighted by molar-refractivity contribution is 0.0690. The quantitative estimate of drug-likeness (QED) is 0.773. The number of phenolic OH excluding ortho intramolecular Hbond substituents is 1. The molecular weight excluding hydrogens is 270 g/mol. The molecule has 0 spiro atoms. The molecular formula is C15H17N3O3. The Morgan fingerprint density at radius 1 is 1.33 bits per heavy atom. The number of anilines is 1. The number of nitrogens with one attached hydrogen (secondary N) is 1. The highest BCUT2D eigenvalue weighted by Crippen LogP contribution is 2.35. The smallest absolute Gasteiger partial charge is 0.354 e. The van der Waals surface area contributed by atoms with Crippen LogP contribution in [0.5, 0.6) is 5.75 Å². The molecule has 0 amide bonds. The van der Waals surface area contributed by atoms with Gasteiger partial charge in [-0.2, -0.15) is 0 Å². The van der Waals surface area contributed by atoms with Crippen molar-refractivity contribution in [3.8, 4) is 5.75 Å². The number of phenols is 1. The maximum atomic E-state index is 11.4. The van der Waals surface area contributed by atoms with Gasteiger partial charge in [0.15, 0.2) is 5.69 Å². The largest absolute Gasteiger partial charge is 0.506 e. The highest BCUT2D eigenvalue weighted by molar-refractivity contribution is 6.02. The SMILES string of the molecule is Cc1c(C(=O)O)nc2c(O)cccc2c1N1CCNCC1. The third-order valence-corrected chi connectivity index (χ3v) is 3.84. The number of aromatic hydroxyl groups is 1. The molecule has 1 fully saturated rings. The zero-order valence-electron chi connectivity index (χ0n) is 11.8. The van der Waals surface area contributed by atoms with E-state index in [9.17, 15) is 15.0 Å². The zero-order chi connectivity index (χ0) is 15.0. The fourth-order valence-corrected chi connectivity index (χ4v) is 2.85. The Hall–Kier alpha value is -2.34. The fourth-order valence-electron chi connectivity index (χ4n) is 2.85. The first-order valence-corrected chi connectivity index (χ1v) is 6.91. The van der Waals surface area contributed by atoms with E-state index in [0.717, 1.165) is 37.3 Å². The monoisotopic (exact) mass is 287 g/mol. The minimum atomic E-state index is -1.07. The maximum absolute atomic E-state index is 11.4. The van der Waals surface area contributed by atoms with Crippen LogP contribution in [0.15, 0.2) is 18.2 Å². The summed E-state index contributed by atoms with van der Waals surface area (Å²) in [4.78, 5) is 17.7. The van der Waals surface area contributed by atoms with Gasteiger partial charge in [-0.15, -0.1) is 0 Å². The highest BCUT2D eigenvalue weighted by Gasteiger charge is 2.22. The zero-order valence-corrected chi connectivity index (χ0v) is 11.8. The van der Waals surface area contributed by atoms with Crippen LogP contribution < -0.4 is 10.2 Å². The molecule has 3 rings (SSSR count). The summed E-state index contributed by atoms with van der Waals surface area (Å²) in [5.74, 6) is -1.07. The molecule has 1 aliphatic heterocycles. The van der Waals surface area contributed by atoms with Crippen molar-refractivity contribution >= 4 is 22.6 Å². The van der Waals surface area contributed by atoms with Crippen LogP contribution in [0, 0.1) is 6.92 Å². The van der Waals surface area contributed by atoms with E-state index in [1.165, 1.54) is 6.07 Å². The van der Waals surface area contributed by atoms with E-state index in [1.807, 2.05) is 6.07 Å². The summed E-state index contributed by atoms with van der Waals surface area (Å²) in [7, 11) is 0. The standard InChI is InChI=1S/C15H17N3O3/c1-9-12(15(20)21)17-13-10(3-2-4-11(13)19)14(9)18-7-5-16-6-8-18/h2-4,16,19H,5-8H2,1H3,(H,20,21). The van der Waals surface area contributed by atoms with Gasteiger partial charge < -0.3 is 20.4 Å². The molecule has 0 atom stereocenters. The molecule has 3 N–H and O–H groups in total. The van der Waals surface area contributed by atoms with Gasteiger partial charge in [0, 0.05) is 37.1 Å². The average molecular weight is 287 g/mol. The van der Waals surface area contributed by atoms with Crippen molar-refractivity contribution in [3.63, 3.8) is 0 Å². The second kappa shape index (κ2) is 5.21. The van der Waals surface area contributed by atoms with Crippen molar-refractivity contribution in [3.05, 3.63) is 29.5 Å². The van der Waals surface area contributed by atoms with E-state index in [2.05, 4.69) is 15.2 Å². The van der Waals surface area contributed by atoms with Crippen molar-refractivity contribution in [2.75, 3.05) is 31.1 Å². The molecule has 1 aromatic carbocycles. The predicted molar refractivity (Wildman–Crippen MR) is 80.2 cm³/mol. The number of aromatic nitrogens is 1. The molecule has 2 aromatic rings. The first-order chi connectivity index (χ1) is 10.1. The molecule has 0 aliphatic carbocycles. The van der Waals surface area contributed by atoms with E-state index in [-0.39, 0.29) is 11.4 Å². The Bertz CT molecular complexity index is 709. The number of piperazine rings is 1. The first kappa shape index (κ1) is 13.6. The Labute approximate surface area is 122 Å². The van der Waals surface area contributed by atoms with Crippen LogP contribution >= 0.6 is 0 Å². The lowest BCUT2D eigenvalue weighted by Gasteiger charge is -2.32. The summed E-state index contributed by atoms with van der Waals surface area (Å²) in [5, 5.41) is 23.4. The lowest BCUT2D eigenvalue weighted by Crippen LogP contribution is -2.44. The van der Waals surface area contributed by atoms with Gasteiger partial charge in [-0.25, -0.2) is 9.78 Å². The predicted octanol–water partition coefficient (Wildman–Crippen LogP) is 1.36. The van der Waals surface area contributed by atoms with Gasteiger partial charge in [0.2, 0.25) is 0 Å². The van der Waals surface area contributed by atoms with Crippen molar-refractivity contribution < 1.29 is 15.0 Å². The topological polar surface area (TPSA) is 85.7 Å². The number of rotatable bonds is 2. The summed E-state index contributed by atoms with van der Waals surface area (Å²) in [6.07, 6.45) is 0. The third-order valence-electron chi connectivity index (χ3n) is 3.84. The molecule has 1 aliphatic rings. The number of aromatic carboxylic acids is 1. The van der Waals surface area contributed by atoms with Gasteiger partial charge in [-0.05, 0) is 13.0 Å². The number of para-hydroxylation sites is 1. The number of benzene rings is 1. The number of hydrogen-bond donors (Lipinski definition) is 3. The second-order valence-corrected chi connectivity index (χ2v) is 5.15. The number of carbonyl (C=O) groups is 1. The van der Waals surface area contributed by atoms with Crippen LogP contribution in [0.25, 0.3) is 10.9 Å². The van der Waals surface area contributed by atoms with Gasteiger partial charge >= 0.3 is 5.97 Å². The molecule has 21 heavy (non-hydrogen) atoms. The molecule has 2 heterocycles. The molecule has 110 valence electrons. The van der Waals surface area contributed by atoms with Gasteiger partial charge in [-0.3, -0.25) is 0 Å². The normalized spacial score (nSPS) is 15.4. The minimum absolute atomic E-state index is 0.00228.